The van der Waals surface area contributed by atoms with Crippen molar-refractivity contribution in [1.29, 1.82) is 0 Å². The summed E-state index contributed by atoms with van der Waals surface area (Å²) in [6.07, 6.45) is 16.5. The van der Waals surface area contributed by atoms with Crippen LogP contribution in [0.1, 0.15) is 78.6 Å². The zero-order valence-corrected chi connectivity index (χ0v) is 12.3. The standard InChI is InChI=1S/C16H33N/c1-4-7-10-13-16(14-11-8-5-2)17-15-12-9-6-3/h6,9,16-17H,4-5,7-8,10-15H2,1-3H3/b9-6+. The first-order chi connectivity index (χ1) is 8.35. The maximum atomic E-state index is 3.72. The monoisotopic (exact) mass is 239 g/mol. The SMILES string of the molecule is C/C=C/CCNC(CCCCC)CCCCC. The highest BCUT2D eigenvalue weighted by Gasteiger charge is 2.06. The lowest BCUT2D eigenvalue weighted by atomic mass is 10.0. The van der Waals surface area contributed by atoms with Gasteiger partial charge in [0, 0.05) is 6.04 Å². The summed E-state index contributed by atoms with van der Waals surface area (Å²) < 4.78 is 0. The minimum atomic E-state index is 0.762. The Labute approximate surface area is 109 Å². The van der Waals surface area contributed by atoms with Crippen LogP contribution in [0, 0.1) is 0 Å². The minimum absolute atomic E-state index is 0.762. The molecule has 0 fully saturated rings. The second kappa shape index (κ2) is 13.8. The van der Waals surface area contributed by atoms with Crippen molar-refractivity contribution in [2.75, 3.05) is 6.54 Å². The maximum absolute atomic E-state index is 3.72. The molecule has 1 nitrogen and oxygen atoms in total. The molecule has 0 amide bonds. The average molecular weight is 239 g/mol. The van der Waals surface area contributed by atoms with Crippen LogP contribution in [-0.2, 0) is 0 Å². The molecular weight excluding hydrogens is 206 g/mol. The van der Waals surface area contributed by atoms with Gasteiger partial charge in [0.2, 0.25) is 0 Å². The van der Waals surface area contributed by atoms with Gasteiger partial charge in [-0.25, -0.2) is 0 Å². The van der Waals surface area contributed by atoms with Crippen LogP contribution in [-0.4, -0.2) is 12.6 Å². The van der Waals surface area contributed by atoms with E-state index in [0.29, 0.717) is 0 Å². The fraction of sp³-hybridized carbons (Fsp3) is 0.875. The van der Waals surface area contributed by atoms with Crippen LogP contribution < -0.4 is 5.32 Å². The molecule has 0 aromatic heterocycles. The van der Waals surface area contributed by atoms with Crippen LogP contribution in [0.2, 0.25) is 0 Å². The highest BCUT2D eigenvalue weighted by molar-refractivity contribution is 4.78. The van der Waals surface area contributed by atoms with E-state index in [1.807, 2.05) is 0 Å². The molecule has 0 heterocycles. The summed E-state index contributed by atoms with van der Waals surface area (Å²) >= 11 is 0. The second-order valence-corrected chi connectivity index (χ2v) is 5.00. The van der Waals surface area contributed by atoms with Crippen molar-refractivity contribution in [2.24, 2.45) is 0 Å². The minimum Gasteiger partial charge on any atom is -0.314 e. The van der Waals surface area contributed by atoms with E-state index < -0.39 is 0 Å². The highest BCUT2D eigenvalue weighted by Crippen LogP contribution is 2.11. The number of unbranched alkanes of at least 4 members (excludes halogenated alkanes) is 4. The van der Waals surface area contributed by atoms with Crippen LogP contribution in [0.25, 0.3) is 0 Å². The molecule has 0 saturated heterocycles. The predicted molar refractivity (Wildman–Crippen MR) is 79.5 cm³/mol. The fourth-order valence-electron chi connectivity index (χ4n) is 2.17. The summed E-state index contributed by atoms with van der Waals surface area (Å²) in [5.41, 5.74) is 0. The van der Waals surface area contributed by atoms with Crippen LogP contribution in [0.4, 0.5) is 0 Å². The largest absolute Gasteiger partial charge is 0.314 e. The van der Waals surface area contributed by atoms with Crippen molar-refractivity contribution < 1.29 is 0 Å². The second-order valence-electron chi connectivity index (χ2n) is 5.00. The van der Waals surface area contributed by atoms with Crippen LogP contribution in [0.3, 0.4) is 0 Å². The van der Waals surface area contributed by atoms with E-state index in [9.17, 15) is 0 Å². The number of hydrogen-bond acceptors (Lipinski definition) is 1. The molecule has 102 valence electrons. The molecule has 0 unspecified atom stereocenters. The normalized spacial score (nSPS) is 11.8. The summed E-state index contributed by atoms with van der Waals surface area (Å²) in [7, 11) is 0. The molecule has 0 radical (unpaired) electrons. The summed E-state index contributed by atoms with van der Waals surface area (Å²) in [4.78, 5) is 0. The molecule has 0 aromatic rings. The van der Waals surface area contributed by atoms with E-state index >= 15 is 0 Å². The lowest BCUT2D eigenvalue weighted by Crippen LogP contribution is -2.29. The van der Waals surface area contributed by atoms with Gasteiger partial charge in [-0.15, -0.1) is 0 Å². The van der Waals surface area contributed by atoms with Gasteiger partial charge in [0.15, 0.2) is 0 Å². The van der Waals surface area contributed by atoms with E-state index in [1.54, 1.807) is 0 Å². The fourth-order valence-corrected chi connectivity index (χ4v) is 2.17. The predicted octanol–water partition coefficient (Wildman–Crippen LogP) is 5.07. The molecule has 0 saturated carbocycles. The first-order valence-electron chi connectivity index (χ1n) is 7.69. The smallest absolute Gasteiger partial charge is 0.00671 e. The molecule has 0 rings (SSSR count). The summed E-state index contributed by atoms with van der Waals surface area (Å²) in [6, 6.07) is 0.762. The number of rotatable bonds is 12. The molecule has 0 bridgehead atoms. The third-order valence-corrected chi connectivity index (χ3v) is 3.29. The van der Waals surface area contributed by atoms with Crippen LogP contribution >= 0.6 is 0 Å². The van der Waals surface area contributed by atoms with Gasteiger partial charge in [0.1, 0.15) is 0 Å². The van der Waals surface area contributed by atoms with Crippen LogP contribution in [0.15, 0.2) is 12.2 Å². The van der Waals surface area contributed by atoms with Gasteiger partial charge in [-0.3, -0.25) is 0 Å². The third kappa shape index (κ3) is 12.0. The van der Waals surface area contributed by atoms with Gasteiger partial charge in [-0.05, 0) is 32.7 Å². The van der Waals surface area contributed by atoms with E-state index in [4.69, 9.17) is 0 Å². The van der Waals surface area contributed by atoms with Crippen molar-refractivity contribution in [2.45, 2.75) is 84.6 Å². The molecule has 0 aliphatic carbocycles. The average Bonchev–Trinajstić information content (AvgIpc) is 2.34. The van der Waals surface area contributed by atoms with Crippen molar-refractivity contribution in [3.8, 4) is 0 Å². The van der Waals surface area contributed by atoms with Gasteiger partial charge in [0.05, 0.1) is 0 Å². The molecule has 0 aromatic carbocycles. The van der Waals surface area contributed by atoms with E-state index in [0.717, 1.165) is 12.6 Å². The molecule has 1 heteroatoms. The Hall–Kier alpha value is -0.300. The molecule has 0 spiro atoms. The Kier molecular flexibility index (Phi) is 13.5. The van der Waals surface area contributed by atoms with E-state index in [1.165, 1.54) is 57.8 Å². The Bertz CT molecular complexity index is 153. The molecule has 0 aliphatic heterocycles. The molecule has 17 heavy (non-hydrogen) atoms. The first-order valence-corrected chi connectivity index (χ1v) is 7.69. The quantitative estimate of drug-likeness (QED) is 0.370. The number of hydrogen-bond donors (Lipinski definition) is 1. The Morgan fingerprint density at radius 3 is 2.00 bits per heavy atom. The van der Waals surface area contributed by atoms with E-state index in [-0.39, 0.29) is 0 Å². The van der Waals surface area contributed by atoms with Crippen LogP contribution in [0.5, 0.6) is 0 Å². The topological polar surface area (TPSA) is 12.0 Å². The van der Waals surface area contributed by atoms with E-state index in [2.05, 4.69) is 38.2 Å². The maximum Gasteiger partial charge on any atom is 0.00671 e. The van der Waals surface area contributed by atoms with Gasteiger partial charge in [-0.1, -0.05) is 64.5 Å². The van der Waals surface area contributed by atoms with Crippen molar-refractivity contribution in [1.82, 2.24) is 5.32 Å². The third-order valence-electron chi connectivity index (χ3n) is 3.29. The zero-order chi connectivity index (χ0) is 12.8. The number of nitrogens with one attached hydrogen (secondary N) is 1. The Balaban J connectivity index is 3.67. The first kappa shape index (κ1) is 16.7. The molecule has 0 atom stereocenters. The zero-order valence-electron chi connectivity index (χ0n) is 12.3. The van der Waals surface area contributed by atoms with Crippen molar-refractivity contribution >= 4 is 0 Å². The highest BCUT2D eigenvalue weighted by atomic mass is 14.9. The van der Waals surface area contributed by atoms with Gasteiger partial charge in [-0.2, -0.15) is 0 Å². The number of allylic oxidation sites excluding steroid dienone is 1. The summed E-state index contributed by atoms with van der Waals surface area (Å²) in [6.45, 7) is 7.81. The molecule has 0 aliphatic rings. The lowest BCUT2D eigenvalue weighted by molar-refractivity contribution is 0.422. The molecular formula is C16H33N. The van der Waals surface area contributed by atoms with Crippen molar-refractivity contribution in [3.05, 3.63) is 12.2 Å². The van der Waals surface area contributed by atoms with Gasteiger partial charge >= 0.3 is 0 Å². The van der Waals surface area contributed by atoms with Gasteiger partial charge < -0.3 is 5.32 Å². The Morgan fingerprint density at radius 1 is 0.941 bits per heavy atom. The van der Waals surface area contributed by atoms with Crippen molar-refractivity contribution in [3.63, 3.8) is 0 Å². The summed E-state index contributed by atoms with van der Waals surface area (Å²) in [5, 5.41) is 3.72. The lowest BCUT2D eigenvalue weighted by Gasteiger charge is -2.18. The van der Waals surface area contributed by atoms with Gasteiger partial charge in [0.25, 0.3) is 0 Å². The molecule has 1 N–H and O–H groups in total. The Morgan fingerprint density at radius 2 is 1.53 bits per heavy atom. The summed E-state index contributed by atoms with van der Waals surface area (Å²) in [5.74, 6) is 0.